The number of nitrogens with two attached hydrogens (primary N) is 1. The summed E-state index contributed by atoms with van der Waals surface area (Å²) in [6.45, 7) is 6.33. The van der Waals surface area contributed by atoms with Gasteiger partial charge in [-0.05, 0) is 43.9 Å². The molecule has 2 fully saturated rings. The maximum Gasteiger partial charge on any atom is 0.0701 e. The van der Waals surface area contributed by atoms with Crippen LogP contribution in [0.1, 0.15) is 51.9 Å². The quantitative estimate of drug-likeness (QED) is 0.755. The van der Waals surface area contributed by atoms with Crippen LogP contribution in [0.15, 0.2) is 0 Å². The van der Waals surface area contributed by atoms with Crippen molar-refractivity contribution in [2.75, 3.05) is 32.8 Å². The minimum atomic E-state index is 0.135. The summed E-state index contributed by atoms with van der Waals surface area (Å²) in [4.78, 5) is 2.58. The van der Waals surface area contributed by atoms with E-state index in [1.165, 1.54) is 38.6 Å². The summed E-state index contributed by atoms with van der Waals surface area (Å²) in [7, 11) is 0. The molecule has 0 radical (unpaired) electrons. The van der Waals surface area contributed by atoms with E-state index >= 15 is 0 Å². The van der Waals surface area contributed by atoms with E-state index in [4.69, 9.17) is 15.6 Å². The highest BCUT2D eigenvalue weighted by Crippen LogP contribution is 2.32. The lowest BCUT2D eigenvalue weighted by Gasteiger charge is -2.39. The number of hydrogen-bond donors (Lipinski definition) is 2. The van der Waals surface area contributed by atoms with Crippen molar-refractivity contribution in [3.8, 4) is 0 Å². The highest BCUT2D eigenvalue weighted by atomic mass is 16.5. The molecule has 1 heterocycles. The first kappa shape index (κ1) is 17.2. The SMILES string of the molecule is CCCC1CCC(N)C(CN2CCC(OCCO)CC2)C1. The van der Waals surface area contributed by atoms with E-state index in [0.717, 1.165) is 31.8 Å². The Bertz CT molecular complexity index is 280. The van der Waals surface area contributed by atoms with Crippen LogP contribution in [0.5, 0.6) is 0 Å². The lowest BCUT2D eigenvalue weighted by atomic mass is 9.76. The Kier molecular flexibility index (Phi) is 7.44. The van der Waals surface area contributed by atoms with Crippen LogP contribution < -0.4 is 5.73 Å². The molecule has 0 spiro atoms. The average molecular weight is 298 g/mol. The molecule has 1 saturated heterocycles. The fraction of sp³-hybridized carbons (Fsp3) is 1.00. The van der Waals surface area contributed by atoms with Gasteiger partial charge in [-0.3, -0.25) is 0 Å². The normalized spacial score (nSPS) is 32.4. The molecule has 21 heavy (non-hydrogen) atoms. The second-order valence-corrected chi connectivity index (χ2v) is 6.99. The Labute approximate surface area is 130 Å². The first-order valence-electron chi connectivity index (χ1n) is 8.93. The van der Waals surface area contributed by atoms with Crippen molar-refractivity contribution in [2.45, 2.75) is 64.0 Å². The summed E-state index contributed by atoms with van der Waals surface area (Å²) in [5, 5.41) is 8.81. The van der Waals surface area contributed by atoms with Gasteiger partial charge in [0.25, 0.3) is 0 Å². The van der Waals surface area contributed by atoms with Gasteiger partial charge in [-0.25, -0.2) is 0 Å². The fourth-order valence-corrected chi connectivity index (χ4v) is 4.07. The van der Waals surface area contributed by atoms with Crippen LogP contribution in [0.4, 0.5) is 0 Å². The highest BCUT2D eigenvalue weighted by Gasteiger charge is 2.30. The van der Waals surface area contributed by atoms with Gasteiger partial charge < -0.3 is 20.5 Å². The Morgan fingerprint density at radius 2 is 1.95 bits per heavy atom. The molecule has 4 heteroatoms. The van der Waals surface area contributed by atoms with E-state index in [-0.39, 0.29) is 6.61 Å². The molecule has 1 saturated carbocycles. The molecule has 0 amide bonds. The molecule has 1 aliphatic carbocycles. The third-order valence-electron chi connectivity index (χ3n) is 5.32. The van der Waals surface area contributed by atoms with Crippen molar-refractivity contribution in [1.82, 2.24) is 4.90 Å². The van der Waals surface area contributed by atoms with Gasteiger partial charge >= 0.3 is 0 Å². The predicted molar refractivity (Wildman–Crippen MR) is 86.2 cm³/mol. The van der Waals surface area contributed by atoms with Crippen molar-refractivity contribution in [1.29, 1.82) is 0 Å². The number of aliphatic hydroxyl groups excluding tert-OH is 1. The van der Waals surface area contributed by atoms with E-state index < -0.39 is 0 Å². The maximum atomic E-state index is 8.81. The molecule has 3 atom stereocenters. The lowest BCUT2D eigenvalue weighted by molar-refractivity contribution is -0.0121. The Morgan fingerprint density at radius 1 is 1.19 bits per heavy atom. The molecule has 2 rings (SSSR count). The summed E-state index contributed by atoms with van der Waals surface area (Å²) in [6, 6.07) is 0.404. The van der Waals surface area contributed by atoms with E-state index in [9.17, 15) is 0 Å². The number of hydrogen-bond acceptors (Lipinski definition) is 4. The van der Waals surface area contributed by atoms with E-state index in [1.807, 2.05) is 0 Å². The number of aliphatic hydroxyl groups is 1. The largest absolute Gasteiger partial charge is 0.394 e. The summed E-state index contributed by atoms with van der Waals surface area (Å²) in [5.41, 5.74) is 6.37. The first-order chi connectivity index (χ1) is 10.2. The Hall–Kier alpha value is -0.160. The zero-order valence-electron chi connectivity index (χ0n) is 13.7. The maximum absolute atomic E-state index is 8.81. The zero-order valence-corrected chi connectivity index (χ0v) is 13.7. The molecule has 4 nitrogen and oxygen atoms in total. The molecule has 2 aliphatic rings. The number of rotatable bonds is 7. The van der Waals surface area contributed by atoms with Gasteiger partial charge in [0.1, 0.15) is 0 Å². The molecule has 0 aromatic heterocycles. The summed E-state index contributed by atoms with van der Waals surface area (Å²) in [6.07, 6.45) is 9.10. The molecule has 3 unspecified atom stereocenters. The first-order valence-corrected chi connectivity index (χ1v) is 8.93. The molecular formula is C17H34N2O2. The zero-order chi connectivity index (χ0) is 15.1. The molecule has 3 N–H and O–H groups in total. The van der Waals surface area contributed by atoms with Crippen molar-refractivity contribution < 1.29 is 9.84 Å². The van der Waals surface area contributed by atoms with Crippen LogP contribution in [0.2, 0.25) is 0 Å². The minimum absolute atomic E-state index is 0.135. The van der Waals surface area contributed by atoms with Crippen molar-refractivity contribution in [2.24, 2.45) is 17.6 Å². The summed E-state index contributed by atoms with van der Waals surface area (Å²) < 4.78 is 5.64. The van der Waals surface area contributed by atoms with E-state index in [0.29, 0.717) is 24.7 Å². The lowest BCUT2D eigenvalue weighted by Crippen LogP contribution is -2.46. The van der Waals surface area contributed by atoms with Crippen LogP contribution in [-0.2, 0) is 4.74 Å². The third kappa shape index (κ3) is 5.51. The van der Waals surface area contributed by atoms with Gasteiger partial charge in [-0.2, -0.15) is 0 Å². The standard InChI is InChI=1S/C17H34N2O2/c1-2-3-14-4-5-17(18)15(12-14)13-19-8-6-16(7-9-19)21-11-10-20/h14-17,20H,2-13,18H2,1H3. The van der Waals surface area contributed by atoms with Gasteiger partial charge in [0.15, 0.2) is 0 Å². The smallest absolute Gasteiger partial charge is 0.0701 e. The second kappa shape index (κ2) is 9.09. The van der Waals surface area contributed by atoms with Crippen LogP contribution in [-0.4, -0.2) is 55.0 Å². The molecule has 0 aromatic carbocycles. The van der Waals surface area contributed by atoms with Gasteiger partial charge in [0, 0.05) is 25.7 Å². The molecule has 124 valence electrons. The van der Waals surface area contributed by atoms with Gasteiger partial charge in [-0.15, -0.1) is 0 Å². The topological polar surface area (TPSA) is 58.7 Å². The van der Waals surface area contributed by atoms with Crippen LogP contribution in [0, 0.1) is 11.8 Å². The molecule has 0 aromatic rings. The predicted octanol–water partition coefficient (Wildman–Crippen LogP) is 2.00. The number of likely N-dealkylation sites (tertiary alicyclic amines) is 1. The monoisotopic (exact) mass is 298 g/mol. The summed E-state index contributed by atoms with van der Waals surface area (Å²) in [5.74, 6) is 1.59. The van der Waals surface area contributed by atoms with Crippen molar-refractivity contribution in [3.05, 3.63) is 0 Å². The van der Waals surface area contributed by atoms with E-state index in [2.05, 4.69) is 11.8 Å². The number of nitrogens with zero attached hydrogens (tertiary/aromatic N) is 1. The van der Waals surface area contributed by atoms with Crippen LogP contribution >= 0.6 is 0 Å². The average Bonchev–Trinajstić information content (AvgIpc) is 2.50. The van der Waals surface area contributed by atoms with Crippen LogP contribution in [0.3, 0.4) is 0 Å². The van der Waals surface area contributed by atoms with Gasteiger partial charge in [0.2, 0.25) is 0 Å². The fourth-order valence-electron chi connectivity index (χ4n) is 4.07. The van der Waals surface area contributed by atoms with Gasteiger partial charge in [-0.1, -0.05) is 19.8 Å². The molecular weight excluding hydrogens is 264 g/mol. The molecule has 1 aliphatic heterocycles. The molecule has 0 bridgehead atoms. The number of ether oxygens (including phenoxy) is 1. The number of piperidine rings is 1. The Morgan fingerprint density at radius 3 is 2.62 bits per heavy atom. The van der Waals surface area contributed by atoms with Crippen LogP contribution in [0.25, 0.3) is 0 Å². The minimum Gasteiger partial charge on any atom is -0.394 e. The van der Waals surface area contributed by atoms with Crippen molar-refractivity contribution >= 4 is 0 Å². The highest BCUT2D eigenvalue weighted by molar-refractivity contribution is 4.85. The van der Waals surface area contributed by atoms with E-state index in [1.54, 1.807) is 0 Å². The Balaban J connectivity index is 1.71. The third-order valence-corrected chi connectivity index (χ3v) is 5.32. The summed E-state index contributed by atoms with van der Waals surface area (Å²) >= 11 is 0. The van der Waals surface area contributed by atoms with Crippen molar-refractivity contribution in [3.63, 3.8) is 0 Å². The van der Waals surface area contributed by atoms with Gasteiger partial charge in [0.05, 0.1) is 19.3 Å². The second-order valence-electron chi connectivity index (χ2n) is 6.99.